The normalized spacial score (nSPS) is 19.4. The fraction of sp³-hybridized carbons (Fsp3) is 0.476. The highest BCUT2D eigenvalue weighted by atomic mass is 19.4. The number of carbonyl (C=O) groups is 2. The Hall–Kier alpha value is -2.84. The highest BCUT2D eigenvalue weighted by Gasteiger charge is 2.39. The minimum atomic E-state index is -4.26. The van der Waals surface area contributed by atoms with E-state index in [0.29, 0.717) is 29.1 Å². The summed E-state index contributed by atoms with van der Waals surface area (Å²) in [5.41, 5.74) is 2.16. The third-order valence-corrected chi connectivity index (χ3v) is 5.24. The first-order chi connectivity index (χ1) is 14.1. The number of hydrogen-bond acceptors (Lipinski definition) is 4. The van der Waals surface area contributed by atoms with Gasteiger partial charge in [0.25, 0.3) is 0 Å². The van der Waals surface area contributed by atoms with Gasteiger partial charge in [-0.3, -0.25) is 9.59 Å². The number of benzene rings is 1. The summed E-state index contributed by atoms with van der Waals surface area (Å²) in [6.07, 6.45) is -1.12. The van der Waals surface area contributed by atoms with Crippen LogP contribution in [0.5, 0.6) is 0 Å². The smallest absolute Gasteiger partial charge is 0.390 e. The largest absolute Gasteiger partial charge is 0.390 e. The molecule has 6 nitrogen and oxygen atoms in total. The van der Waals surface area contributed by atoms with E-state index in [1.165, 1.54) is 13.1 Å². The zero-order chi connectivity index (χ0) is 22.1. The van der Waals surface area contributed by atoms with Crippen molar-refractivity contribution >= 4 is 35.0 Å². The molecule has 3 rings (SSSR count). The van der Waals surface area contributed by atoms with Crippen LogP contribution in [0.15, 0.2) is 24.4 Å². The minimum absolute atomic E-state index is 0.000584. The number of nitrogens with zero attached hydrogens (tertiary/aromatic N) is 2. The number of halogens is 3. The Morgan fingerprint density at radius 1 is 1.27 bits per heavy atom. The van der Waals surface area contributed by atoms with Crippen LogP contribution in [-0.2, 0) is 9.59 Å². The molecule has 1 aromatic carbocycles. The number of hydrogen-bond donors (Lipinski definition) is 2. The molecule has 0 bridgehead atoms. The fourth-order valence-corrected chi connectivity index (χ4v) is 3.65. The second-order valence-corrected chi connectivity index (χ2v) is 7.73. The predicted octanol–water partition coefficient (Wildman–Crippen LogP) is 3.72. The van der Waals surface area contributed by atoms with Crippen molar-refractivity contribution in [3.05, 3.63) is 30.0 Å². The van der Waals surface area contributed by atoms with E-state index in [-0.39, 0.29) is 30.3 Å². The molecule has 0 aromatic heterocycles. The summed E-state index contributed by atoms with van der Waals surface area (Å²) >= 11 is 0. The standard InChI is InChI=1S/C21H25F3N4O2/c1-13-12-27(20(30)15-3-4-15)19-9-16(5-6-18(19)28(13)14(2)29)17(10-25)11-26-8-7-21(22,23)24/h5-6,9-11,13,15,25-26H,3-4,7-8,12H2,1-2H3/b17-11+,25-10?. The SMILES string of the molecule is CC(=O)N1c2ccc(/C(C=N)=C/NCCC(F)(F)F)cc2N(C(=O)C2CC2)CC1C. The van der Waals surface area contributed by atoms with Crippen molar-refractivity contribution in [3.8, 4) is 0 Å². The Balaban J connectivity index is 1.92. The van der Waals surface area contributed by atoms with Crippen molar-refractivity contribution in [3.63, 3.8) is 0 Å². The van der Waals surface area contributed by atoms with Crippen LogP contribution in [0.2, 0.25) is 0 Å². The maximum atomic E-state index is 12.8. The van der Waals surface area contributed by atoms with Crippen LogP contribution in [0.3, 0.4) is 0 Å². The van der Waals surface area contributed by atoms with Gasteiger partial charge in [-0.2, -0.15) is 13.2 Å². The Kier molecular flexibility index (Phi) is 6.19. The first-order valence-electron chi connectivity index (χ1n) is 9.88. The zero-order valence-electron chi connectivity index (χ0n) is 16.9. The van der Waals surface area contributed by atoms with Crippen molar-refractivity contribution in [2.45, 2.75) is 45.3 Å². The molecule has 1 aromatic rings. The molecule has 1 aliphatic carbocycles. The summed E-state index contributed by atoms with van der Waals surface area (Å²) in [4.78, 5) is 28.4. The summed E-state index contributed by atoms with van der Waals surface area (Å²) in [7, 11) is 0. The molecule has 1 heterocycles. The van der Waals surface area contributed by atoms with Gasteiger partial charge in [-0.15, -0.1) is 0 Å². The summed E-state index contributed by atoms with van der Waals surface area (Å²) < 4.78 is 37.0. The van der Waals surface area contributed by atoms with Crippen LogP contribution in [0.25, 0.3) is 5.57 Å². The lowest BCUT2D eigenvalue weighted by Gasteiger charge is -2.41. The molecular weight excluding hydrogens is 397 g/mol. The lowest BCUT2D eigenvalue weighted by atomic mass is 10.0. The number of allylic oxidation sites excluding steroid dienone is 1. The van der Waals surface area contributed by atoms with E-state index >= 15 is 0 Å². The van der Waals surface area contributed by atoms with Gasteiger partial charge in [-0.25, -0.2) is 0 Å². The molecule has 2 N–H and O–H groups in total. The molecule has 0 saturated heterocycles. The van der Waals surface area contributed by atoms with E-state index in [1.807, 2.05) is 6.92 Å². The third kappa shape index (κ3) is 4.83. The van der Waals surface area contributed by atoms with E-state index in [4.69, 9.17) is 5.41 Å². The van der Waals surface area contributed by atoms with Crippen LogP contribution in [0.4, 0.5) is 24.5 Å². The first kappa shape index (κ1) is 21.9. The van der Waals surface area contributed by atoms with Crippen molar-refractivity contribution in [2.75, 3.05) is 22.9 Å². The highest BCUT2D eigenvalue weighted by molar-refractivity contribution is 6.10. The molecule has 162 valence electrons. The van der Waals surface area contributed by atoms with Gasteiger partial charge in [0, 0.05) is 43.9 Å². The van der Waals surface area contributed by atoms with Gasteiger partial charge >= 0.3 is 6.18 Å². The van der Waals surface area contributed by atoms with Crippen molar-refractivity contribution < 1.29 is 22.8 Å². The molecule has 2 amide bonds. The molecule has 30 heavy (non-hydrogen) atoms. The summed E-state index contributed by atoms with van der Waals surface area (Å²) in [5.74, 6) is -0.113. The fourth-order valence-electron chi connectivity index (χ4n) is 3.65. The number of rotatable bonds is 6. The number of anilines is 2. The summed E-state index contributed by atoms with van der Waals surface area (Å²) in [5, 5.41) is 10.2. The number of nitrogens with one attached hydrogen (secondary N) is 2. The maximum absolute atomic E-state index is 12.8. The number of carbonyl (C=O) groups excluding carboxylic acids is 2. The van der Waals surface area contributed by atoms with Crippen LogP contribution < -0.4 is 15.1 Å². The van der Waals surface area contributed by atoms with Gasteiger partial charge in [0.2, 0.25) is 11.8 Å². The van der Waals surface area contributed by atoms with Crippen molar-refractivity contribution in [1.82, 2.24) is 5.32 Å². The highest BCUT2D eigenvalue weighted by Crippen LogP contribution is 2.41. The molecule has 1 saturated carbocycles. The van der Waals surface area contributed by atoms with E-state index in [0.717, 1.165) is 19.1 Å². The molecule has 1 fully saturated rings. The van der Waals surface area contributed by atoms with Crippen LogP contribution >= 0.6 is 0 Å². The average molecular weight is 422 g/mol. The molecule has 2 aliphatic rings. The maximum Gasteiger partial charge on any atom is 0.390 e. The number of amides is 2. The molecule has 1 atom stereocenters. The van der Waals surface area contributed by atoms with E-state index in [1.54, 1.807) is 28.0 Å². The van der Waals surface area contributed by atoms with Gasteiger partial charge in [0.1, 0.15) is 0 Å². The minimum Gasteiger partial charge on any atom is -0.390 e. The average Bonchev–Trinajstić information content (AvgIpc) is 3.50. The molecule has 0 spiro atoms. The van der Waals surface area contributed by atoms with Gasteiger partial charge in [-0.1, -0.05) is 6.07 Å². The molecular formula is C21H25F3N4O2. The monoisotopic (exact) mass is 422 g/mol. The van der Waals surface area contributed by atoms with Gasteiger partial charge < -0.3 is 20.5 Å². The first-order valence-corrected chi connectivity index (χ1v) is 9.88. The Morgan fingerprint density at radius 2 is 1.97 bits per heavy atom. The molecule has 1 aliphatic heterocycles. The molecule has 1 unspecified atom stereocenters. The second-order valence-electron chi connectivity index (χ2n) is 7.73. The lowest BCUT2D eigenvalue weighted by Crippen LogP contribution is -2.51. The number of alkyl halides is 3. The van der Waals surface area contributed by atoms with E-state index < -0.39 is 12.6 Å². The Labute approximate surface area is 173 Å². The predicted molar refractivity (Wildman–Crippen MR) is 110 cm³/mol. The third-order valence-electron chi connectivity index (χ3n) is 5.24. The van der Waals surface area contributed by atoms with E-state index in [9.17, 15) is 22.8 Å². The van der Waals surface area contributed by atoms with Gasteiger partial charge in [0.15, 0.2) is 0 Å². The summed E-state index contributed by atoms with van der Waals surface area (Å²) in [6, 6.07) is 4.97. The molecule has 0 radical (unpaired) electrons. The lowest BCUT2D eigenvalue weighted by molar-refractivity contribution is -0.133. The van der Waals surface area contributed by atoms with Crippen molar-refractivity contribution in [2.24, 2.45) is 5.92 Å². The van der Waals surface area contributed by atoms with Crippen molar-refractivity contribution in [1.29, 1.82) is 5.41 Å². The summed E-state index contributed by atoms with van der Waals surface area (Å²) in [6.45, 7) is 3.44. The quantitative estimate of drug-likeness (QED) is 0.542. The number of fused-ring (bicyclic) bond motifs is 1. The van der Waals surface area contributed by atoms with Crippen LogP contribution in [0.1, 0.15) is 38.7 Å². The second kappa shape index (κ2) is 8.49. The molecule has 9 heteroatoms. The Bertz CT molecular complexity index is 877. The zero-order valence-corrected chi connectivity index (χ0v) is 16.9. The van der Waals surface area contributed by atoms with Gasteiger partial charge in [0.05, 0.1) is 23.8 Å². The van der Waals surface area contributed by atoms with Crippen LogP contribution in [0, 0.1) is 11.3 Å². The van der Waals surface area contributed by atoms with E-state index in [2.05, 4.69) is 5.32 Å². The topological polar surface area (TPSA) is 76.5 Å². The van der Waals surface area contributed by atoms with Gasteiger partial charge in [-0.05, 0) is 37.5 Å². The van der Waals surface area contributed by atoms with Crippen LogP contribution in [-0.4, -0.2) is 43.3 Å². The Morgan fingerprint density at radius 3 is 2.53 bits per heavy atom.